The highest BCUT2D eigenvalue weighted by molar-refractivity contribution is 5.89. The van der Waals surface area contributed by atoms with Crippen molar-refractivity contribution in [3.63, 3.8) is 0 Å². The van der Waals surface area contributed by atoms with Crippen LogP contribution in [0.5, 0.6) is 0 Å². The SMILES string of the molecule is COCC(N)C1CCN(c2c(F)cn3c(=O)c(C(=O)O)cc(C4CC4)c3c2C)C1.Cl. The standard InChI is InChI=1S/C21H26FN3O4.ClH/c1-11-18-14(12-3-4-12)7-15(21(27)28)20(26)25(18)9-16(22)19(11)24-6-5-13(8-24)17(23)10-29-2;/h7,9,12-13,17H,3-6,8,10,23H2,1-2H3,(H,27,28);1H. The number of carboxylic acids is 1. The van der Waals surface area contributed by atoms with Crippen LogP contribution in [-0.2, 0) is 4.74 Å². The van der Waals surface area contributed by atoms with E-state index in [9.17, 15) is 14.7 Å². The fourth-order valence-electron chi connectivity index (χ4n) is 4.56. The van der Waals surface area contributed by atoms with E-state index in [1.807, 2.05) is 11.8 Å². The van der Waals surface area contributed by atoms with Gasteiger partial charge in [0.1, 0.15) is 5.56 Å². The molecule has 0 spiro atoms. The zero-order valence-corrected chi connectivity index (χ0v) is 17.9. The second kappa shape index (κ2) is 8.53. The highest BCUT2D eigenvalue weighted by atomic mass is 35.5. The smallest absolute Gasteiger partial charge is 0.341 e. The lowest BCUT2D eigenvalue weighted by Crippen LogP contribution is -2.36. The zero-order valence-electron chi connectivity index (χ0n) is 17.1. The number of rotatable bonds is 6. The van der Waals surface area contributed by atoms with Gasteiger partial charge in [-0.3, -0.25) is 9.20 Å². The molecule has 7 nitrogen and oxygen atoms in total. The van der Waals surface area contributed by atoms with Crippen LogP contribution < -0.4 is 16.2 Å². The van der Waals surface area contributed by atoms with Crippen molar-refractivity contribution < 1.29 is 19.0 Å². The maximum absolute atomic E-state index is 15.2. The Bertz CT molecular complexity index is 1040. The van der Waals surface area contributed by atoms with Crippen molar-refractivity contribution >= 4 is 29.6 Å². The van der Waals surface area contributed by atoms with E-state index in [2.05, 4.69) is 0 Å². The molecule has 0 aromatic carbocycles. The van der Waals surface area contributed by atoms with Gasteiger partial charge in [0.25, 0.3) is 5.56 Å². The number of nitrogens with two attached hydrogens (primary N) is 1. The van der Waals surface area contributed by atoms with E-state index < -0.39 is 17.3 Å². The molecular formula is C21H27ClFN3O4. The molecule has 3 heterocycles. The van der Waals surface area contributed by atoms with E-state index >= 15 is 4.39 Å². The summed E-state index contributed by atoms with van der Waals surface area (Å²) in [4.78, 5) is 26.2. The van der Waals surface area contributed by atoms with Gasteiger partial charge in [-0.1, -0.05) is 0 Å². The van der Waals surface area contributed by atoms with Crippen LogP contribution in [0.25, 0.3) is 5.52 Å². The summed E-state index contributed by atoms with van der Waals surface area (Å²) >= 11 is 0. The topological polar surface area (TPSA) is 97.3 Å². The van der Waals surface area contributed by atoms with Crippen LogP contribution in [0.15, 0.2) is 17.1 Å². The van der Waals surface area contributed by atoms with Crippen molar-refractivity contribution in [1.29, 1.82) is 0 Å². The van der Waals surface area contributed by atoms with Crippen LogP contribution in [0, 0.1) is 18.7 Å². The fourth-order valence-corrected chi connectivity index (χ4v) is 4.56. The number of aryl methyl sites for hydroxylation is 1. The van der Waals surface area contributed by atoms with Crippen LogP contribution >= 0.6 is 12.4 Å². The zero-order chi connectivity index (χ0) is 20.9. The summed E-state index contributed by atoms with van der Waals surface area (Å²) in [6.07, 6.45) is 3.86. The monoisotopic (exact) mass is 439 g/mol. The van der Waals surface area contributed by atoms with Crippen molar-refractivity contribution in [1.82, 2.24) is 4.40 Å². The van der Waals surface area contributed by atoms with E-state index in [1.165, 1.54) is 10.5 Å². The summed E-state index contributed by atoms with van der Waals surface area (Å²) < 4.78 is 21.5. The lowest BCUT2D eigenvalue weighted by Gasteiger charge is -2.25. The van der Waals surface area contributed by atoms with Gasteiger partial charge in [-0.2, -0.15) is 0 Å². The molecule has 1 aliphatic heterocycles. The Morgan fingerprint density at radius 1 is 1.40 bits per heavy atom. The summed E-state index contributed by atoms with van der Waals surface area (Å²) in [5, 5.41) is 9.41. The Morgan fingerprint density at radius 2 is 2.10 bits per heavy atom. The summed E-state index contributed by atoms with van der Waals surface area (Å²) in [7, 11) is 1.61. The molecule has 4 rings (SSSR count). The first-order valence-electron chi connectivity index (χ1n) is 9.94. The highest BCUT2D eigenvalue weighted by Gasteiger charge is 2.33. The summed E-state index contributed by atoms with van der Waals surface area (Å²) in [5.41, 5.74) is 7.75. The van der Waals surface area contributed by atoms with Crippen LogP contribution in [-0.4, -0.2) is 48.3 Å². The number of pyridine rings is 2. The number of nitrogens with zero attached hydrogens (tertiary/aromatic N) is 2. The molecule has 2 atom stereocenters. The average Bonchev–Trinajstić information content (AvgIpc) is 3.40. The molecule has 1 aliphatic carbocycles. The van der Waals surface area contributed by atoms with E-state index in [4.69, 9.17) is 10.5 Å². The Hall–Kier alpha value is -2.16. The number of ether oxygens (including phenoxy) is 1. The maximum atomic E-state index is 15.2. The molecule has 0 radical (unpaired) electrons. The lowest BCUT2D eigenvalue weighted by molar-refractivity contribution is 0.0694. The molecule has 0 amide bonds. The Labute approximate surface area is 180 Å². The predicted octanol–water partition coefficient (Wildman–Crippen LogP) is 2.54. The summed E-state index contributed by atoms with van der Waals surface area (Å²) in [6.45, 7) is 3.56. The van der Waals surface area contributed by atoms with Crippen LogP contribution in [0.2, 0.25) is 0 Å². The molecule has 9 heteroatoms. The van der Waals surface area contributed by atoms with Crippen LogP contribution in [0.3, 0.4) is 0 Å². The lowest BCUT2D eigenvalue weighted by atomic mass is 10.0. The van der Waals surface area contributed by atoms with Gasteiger partial charge in [-0.05, 0) is 55.2 Å². The van der Waals surface area contributed by atoms with E-state index in [0.29, 0.717) is 36.5 Å². The third kappa shape index (κ3) is 3.79. The van der Waals surface area contributed by atoms with Gasteiger partial charge in [-0.15, -0.1) is 12.4 Å². The summed E-state index contributed by atoms with van der Waals surface area (Å²) in [5.74, 6) is -1.41. The number of aromatic carboxylic acids is 1. The molecule has 164 valence electrons. The van der Waals surface area contributed by atoms with E-state index in [-0.39, 0.29) is 35.8 Å². The number of hydrogen-bond donors (Lipinski definition) is 2. The molecule has 2 unspecified atom stereocenters. The van der Waals surface area contributed by atoms with Gasteiger partial charge in [0.05, 0.1) is 24.0 Å². The van der Waals surface area contributed by atoms with Gasteiger partial charge in [-0.25, -0.2) is 9.18 Å². The molecule has 30 heavy (non-hydrogen) atoms. The first-order chi connectivity index (χ1) is 13.8. The predicted molar refractivity (Wildman–Crippen MR) is 115 cm³/mol. The van der Waals surface area contributed by atoms with Crippen LogP contribution in [0.4, 0.5) is 10.1 Å². The van der Waals surface area contributed by atoms with Crippen molar-refractivity contribution in [3.05, 3.63) is 45.1 Å². The normalized spacial score (nSPS) is 19.7. The highest BCUT2D eigenvalue weighted by Crippen LogP contribution is 2.44. The van der Waals surface area contributed by atoms with Crippen LogP contribution in [0.1, 0.15) is 46.7 Å². The third-order valence-electron chi connectivity index (χ3n) is 6.20. The number of aromatic nitrogens is 1. The Kier molecular flexibility index (Phi) is 6.40. The molecule has 2 fully saturated rings. The number of carbonyl (C=O) groups is 1. The third-order valence-corrected chi connectivity index (χ3v) is 6.20. The number of carboxylic acid groups (broad SMARTS) is 1. The van der Waals surface area contributed by atoms with Crippen molar-refractivity contribution in [2.75, 3.05) is 31.7 Å². The fraction of sp³-hybridized carbons (Fsp3) is 0.524. The molecular weight excluding hydrogens is 413 g/mol. The largest absolute Gasteiger partial charge is 0.477 e. The number of fused-ring (bicyclic) bond motifs is 1. The van der Waals surface area contributed by atoms with E-state index in [0.717, 1.165) is 31.0 Å². The molecule has 3 N–H and O–H groups in total. The first kappa shape index (κ1) is 22.5. The summed E-state index contributed by atoms with van der Waals surface area (Å²) in [6, 6.07) is 1.37. The van der Waals surface area contributed by atoms with Gasteiger partial charge in [0.15, 0.2) is 5.82 Å². The molecule has 1 saturated heterocycles. The first-order valence-corrected chi connectivity index (χ1v) is 9.94. The Morgan fingerprint density at radius 3 is 2.70 bits per heavy atom. The number of hydrogen-bond acceptors (Lipinski definition) is 5. The van der Waals surface area contributed by atoms with Gasteiger partial charge < -0.3 is 20.5 Å². The molecule has 1 saturated carbocycles. The number of methoxy groups -OCH3 is 1. The number of anilines is 1. The van der Waals surface area contributed by atoms with Crippen molar-refractivity contribution in [2.45, 2.75) is 38.1 Å². The average molecular weight is 440 g/mol. The second-order valence-electron chi connectivity index (χ2n) is 8.18. The van der Waals surface area contributed by atoms with Gasteiger partial charge in [0, 0.05) is 26.2 Å². The minimum absolute atomic E-state index is 0. The molecule has 2 aromatic rings. The van der Waals surface area contributed by atoms with Gasteiger partial charge in [0.2, 0.25) is 0 Å². The second-order valence-corrected chi connectivity index (χ2v) is 8.18. The Balaban J connectivity index is 0.00000256. The quantitative estimate of drug-likeness (QED) is 0.717. The van der Waals surface area contributed by atoms with Gasteiger partial charge >= 0.3 is 5.97 Å². The number of halogens is 2. The molecule has 2 aromatic heterocycles. The minimum atomic E-state index is -1.29. The van der Waals surface area contributed by atoms with Crippen molar-refractivity contribution in [2.24, 2.45) is 11.7 Å². The molecule has 2 aliphatic rings. The minimum Gasteiger partial charge on any atom is -0.477 e. The molecule has 0 bridgehead atoms. The van der Waals surface area contributed by atoms with E-state index in [1.54, 1.807) is 7.11 Å². The van der Waals surface area contributed by atoms with Crippen molar-refractivity contribution in [3.8, 4) is 0 Å². The maximum Gasteiger partial charge on any atom is 0.341 e.